The molecule has 0 aromatic rings. The third-order valence-corrected chi connectivity index (χ3v) is 1.15. The van der Waals surface area contributed by atoms with Crippen LogP contribution in [0.3, 0.4) is 0 Å². The van der Waals surface area contributed by atoms with E-state index in [1.165, 1.54) is 6.08 Å². The van der Waals surface area contributed by atoms with Crippen LogP contribution in [0.25, 0.3) is 0 Å². The van der Waals surface area contributed by atoms with Gasteiger partial charge in [-0.2, -0.15) is 0 Å². The van der Waals surface area contributed by atoms with Gasteiger partial charge in [-0.15, -0.1) is 0 Å². The second kappa shape index (κ2) is 10.9. The first kappa shape index (κ1) is 17.7. The summed E-state index contributed by atoms with van der Waals surface area (Å²) < 4.78 is 0. The minimum atomic E-state index is -1.26. The fourth-order valence-electron chi connectivity index (χ4n) is 0.534. The number of hydrogen-bond acceptors (Lipinski definition) is 4. The molecule has 0 unspecified atom stereocenters. The van der Waals surface area contributed by atoms with E-state index < -0.39 is 23.9 Å². The second-order valence-electron chi connectivity index (χ2n) is 2.68. The van der Waals surface area contributed by atoms with Crippen molar-refractivity contribution in [2.45, 2.75) is 12.8 Å². The molecule has 100 valence electrons. The van der Waals surface area contributed by atoms with Crippen LogP contribution in [0.5, 0.6) is 0 Å². The van der Waals surface area contributed by atoms with Crippen LogP contribution in [0, 0.1) is 0 Å². The summed E-state index contributed by atoms with van der Waals surface area (Å²) in [6.07, 6.45) is 3.61. The van der Waals surface area contributed by atoms with Crippen molar-refractivity contribution in [3.8, 4) is 0 Å². The van der Waals surface area contributed by atoms with E-state index in [9.17, 15) is 19.2 Å². The summed E-state index contributed by atoms with van der Waals surface area (Å²) in [5.74, 6) is -4.49. The number of carboxylic acid groups (broad SMARTS) is 4. The zero-order chi connectivity index (χ0) is 14.6. The Kier molecular flexibility index (Phi) is 10.7. The van der Waals surface area contributed by atoms with Crippen molar-refractivity contribution in [3.63, 3.8) is 0 Å². The van der Waals surface area contributed by atoms with Gasteiger partial charge < -0.3 is 20.4 Å². The normalized spacial score (nSPS) is 9.78. The van der Waals surface area contributed by atoms with Crippen molar-refractivity contribution in [3.05, 3.63) is 24.3 Å². The zero-order valence-electron chi connectivity index (χ0n) is 9.15. The lowest BCUT2D eigenvalue weighted by molar-refractivity contribution is -0.137. The average Bonchev–Trinajstić information content (AvgIpc) is 2.22. The Morgan fingerprint density at radius 1 is 0.722 bits per heavy atom. The first-order valence-corrected chi connectivity index (χ1v) is 4.51. The van der Waals surface area contributed by atoms with Crippen molar-refractivity contribution in [1.82, 2.24) is 0 Å². The Morgan fingerprint density at radius 3 is 1.39 bits per heavy atom. The molecule has 0 saturated carbocycles. The lowest BCUT2D eigenvalue weighted by Crippen LogP contribution is -1.92. The molecule has 0 spiro atoms. The summed E-state index contributed by atoms with van der Waals surface area (Å²) in [5.41, 5.74) is 0. The van der Waals surface area contributed by atoms with Gasteiger partial charge in [-0.25, -0.2) is 14.4 Å². The highest BCUT2D eigenvalue weighted by Crippen LogP contribution is 1.89. The molecule has 0 atom stereocenters. The van der Waals surface area contributed by atoms with Crippen molar-refractivity contribution in [2.24, 2.45) is 0 Å². The van der Waals surface area contributed by atoms with Crippen molar-refractivity contribution < 1.29 is 39.6 Å². The molecule has 0 aliphatic rings. The zero-order valence-corrected chi connectivity index (χ0v) is 9.15. The van der Waals surface area contributed by atoms with Crippen LogP contribution < -0.4 is 0 Å². The first-order valence-electron chi connectivity index (χ1n) is 4.51. The molecule has 18 heavy (non-hydrogen) atoms. The topological polar surface area (TPSA) is 149 Å². The lowest BCUT2D eigenvalue weighted by atomic mass is 10.3. The SMILES string of the molecule is O=C(O)/C=C/C(=O)O.O=C(O)/C=C/CCC(=O)O. The molecule has 0 bridgehead atoms. The number of rotatable bonds is 6. The summed E-state index contributed by atoms with van der Waals surface area (Å²) in [5, 5.41) is 31.8. The molecule has 0 aromatic carbocycles. The van der Waals surface area contributed by atoms with E-state index in [2.05, 4.69) is 0 Å². The molecule has 0 aromatic heterocycles. The highest BCUT2D eigenvalue weighted by molar-refractivity contribution is 5.89. The number of allylic oxidation sites excluding steroid dienone is 1. The van der Waals surface area contributed by atoms with Gasteiger partial charge in [-0.3, -0.25) is 4.79 Å². The Labute approximate surface area is 101 Å². The second-order valence-corrected chi connectivity index (χ2v) is 2.68. The minimum Gasteiger partial charge on any atom is -0.481 e. The Balaban J connectivity index is 0. The quantitative estimate of drug-likeness (QED) is 0.495. The molecule has 0 fully saturated rings. The van der Waals surface area contributed by atoms with E-state index in [0.29, 0.717) is 12.2 Å². The van der Waals surface area contributed by atoms with Crippen LogP contribution in [0.1, 0.15) is 12.8 Å². The fourth-order valence-corrected chi connectivity index (χ4v) is 0.534. The summed E-state index contributed by atoms with van der Waals surface area (Å²) in [4.78, 5) is 38.8. The number of hydrogen-bond donors (Lipinski definition) is 4. The maximum atomic E-state index is 9.86. The van der Waals surface area contributed by atoms with Gasteiger partial charge in [0, 0.05) is 24.6 Å². The van der Waals surface area contributed by atoms with Crippen molar-refractivity contribution in [1.29, 1.82) is 0 Å². The molecular weight excluding hydrogens is 248 g/mol. The molecule has 8 nitrogen and oxygen atoms in total. The molecule has 0 radical (unpaired) electrons. The van der Waals surface area contributed by atoms with Crippen LogP contribution in [0.4, 0.5) is 0 Å². The fraction of sp³-hybridized carbons (Fsp3) is 0.200. The van der Waals surface area contributed by atoms with Gasteiger partial charge in [0.25, 0.3) is 0 Å². The van der Waals surface area contributed by atoms with E-state index in [4.69, 9.17) is 20.4 Å². The average molecular weight is 260 g/mol. The molecule has 4 N–H and O–H groups in total. The molecule has 0 rings (SSSR count). The van der Waals surface area contributed by atoms with E-state index in [0.717, 1.165) is 6.08 Å². The Bertz CT molecular complexity index is 350. The van der Waals surface area contributed by atoms with Crippen LogP contribution in [0.15, 0.2) is 24.3 Å². The molecule has 0 aliphatic carbocycles. The van der Waals surface area contributed by atoms with Gasteiger partial charge in [0.1, 0.15) is 0 Å². The van der Waals surface area contributed by atoms with Gasteiger partial charge in [0.05, 0.1) is 0 Å². The summed E-state index contributed by atoms with van der Waals surface area (Å²) in [6, 6.07) is 0. The van der Waals surface area contributed by atoms with Crippen LogP contribution in [-0.4, -0.2) is 44.3 Å². The van der Waals surface area contributed by atoms with Crippen LogP contribution in [0.2, 0.25) is 0 Å². The molecule has 8 heteroatoms. The Morgan fingerprint density at radius 2 is 1.11 bits per heavy atom. The van der Waals surface area contributed by atoms with Crippen LogP contribution >= 0.6 is 0 Å². The highest BCUT2D eigenvalue weighted by Gasteiger charge is 1.92. The summed E-state index contributed by atoms with van der Waals surface area (Å²) in [6.45, 7) is 0. The largest absolute Gasteiger partial charge is 0.481 e. The van der Waals surface area contributed by atoms with Gasteiger partial charge in [-0.1, -0.05) is 6.08 Å². The Hall–Kier alpha value is -2.64. The predicted molar refractivity (Wildman–Crippen MR) is 58.1 cm³/mol. The van der Waals surface area contributed by atoms with Crippen molar-refractivity contribution in [2.75, 3.05) is 0 Å². The highest BCUT2D eigenvalue weighted by atomic mass is 16.4. The van der Waals surface area contributed by atoms with E-state index in [-0.39, 0.29) is 12.8 Å². The smallest absolute Gasteiger partial charge is 0.328 e. The third kappa shape index (κ3) is 23.3. The predicted octanol–water partition coefficient (Wildman–Crippen LogP) is 0.204. The minimum absolute atomic E-state index is 0.0240. The maximum absolute atomic E-state index is 9.86. The lowest BCUT2D eigenvalue weighted by Gasteiger charge is -1.84. The molecule has 0 saturated heterocycles. The summed E-state index contributed by atoms with van der Waals surface area (Å²) >= 11 is 0. The monoisotopic (exact) mass is 260 g/mol. The van der Waals surface area contributed by atoms with Gasteiger partial charge in [-0.05, 0) is 6.42 Å². The standard InChI is InChI=1S/C6H8O4.C4H4O4/c7-5(8)3-1-2-4-6(9)10;5-3(6)1-2-4(7)8/h1,3H,2,4H2,(H,7,8)(H,9,10);1-2H,(H,5,6)(H,7,8)/b3-1+;2-1+. The van der Waals surface area contributed by atoms with E-state index in [1.807, 2.05) is 0 Å². The number of carboxylic acids is 4. The van der Waals surface area contributed by atoms with Gasteiger partial charge in [0.15, 0.2) is 0 Å². The maximum Gasteiger partial charge on any atom is 0.328 e. The number of carbonyl (C=O) groups is 4. The van der Waals surface area contributed by atoms with E-state index >= 15 is 0 Å². The van der Waals surface area contributed by atoms with Gasteiger partial charge in [0.2, 0.25) is 0 Å². The molecule has 0 aliphatic heterocycles. The van der Waals surface area contributed by atoms with Gasteiger partial charge >= 0.3 is 23.9 Å². The van der Waals surface area contributed by atoms with Crippen LogP contribution in [-0.2, 0) is 19.2 Å². The molecule has 0 amide bonds. The van der Waals surface area contributed by atoms with E-state index in [1.54, 1.807) is 0 Å². The number of aliphatic carboxylic acids is 4. The molecule has 0 heterocycles. The first-order chi connectivity index (χ1) is 8.25. The third-order valence-electron chi connectivity index (χ3n) is 1.15. The van der Waals surface area contributed by atoms with Crippen molar-refractivity contribution >= 4 is 23.9 Å². The molecular formula is C10H12O8. The summed E-state index contributed by atoms with van der Waals surface area (Å²) in [7, 11) is 0.